The van der Waals surface area contributed by atoms with Crippen molar-refractivity contribution in [3.63, 3.8) is 0 Å². The van der Waals surface area contributed by atoms with E-state index in [1.54, 1.807) is 0 Å². The molecular weight excluding hydrogens is 276 g/mol. The first-order valence-electron chi connectivity index (χ1n) is 6.24. The molecule has 94 valence electrons. The molecule has 1 heterocycles. The monoisotopic (exact) mass is 296 g/mol. The molecule has 0 saturated heterocycles. The Kier molecular flexibility index (Phi) is 3.67. The van der Waals surface area contributed by atoms with Crippen LogP contribution < -0.4 is 10.6 Å². The van der Waals surface area contributed by atoms with E-state index in [0.29, 0.717) is 11.5 Å². The van der Waals surface area contributed by atoms with Crippen LogP contribution in [0, 0.1) is 5.41 Å². The van der Waals surface area contributed by atoms with Gasteiger partial charge >= 0.3 is 0 Å². The molecule has 2 rings (SSSR count). The molecule has 2 nitrogen and oxygen atoms in total. The minimum Gasteiger partial charge on any atom is -0.383 e. The standard InChI is InChI=1S/C14H21BrN2/c1-14(2,3)9-11-6-7-16-12-5-4-10(15)8-13(12)17-11/h4-5,8,11,16-17H,6-7,9H2,1-3H3. The Balaban J connectivity index is 2.16. The molecule has 1 aromatic carbocycles. The highest BCUT2D eigenvalue weighted by Crippen LogP contribution is 2.32. The number of halogens is 1. The van der Waals surface area contributed by atoms with Crippen LogP contribution in [-0.4, -0.2) is 12.6 Å². The van der Waals surface area contributed by atoms with E-state index < -0.39 is 0 Å². The van der Waals surface area contributed by atoms with Crippen LogP contribution >= 0.6 is 15.9 Å². The summed E-state index contributed by atoms with van der Waals surface area (Å²) in [7, 11) is 0. The third-order valence-corrected chi connectivity index (χ3v) is 3.50. The van der Waals surface area contributed by atoms with E-state index in [0.717, 1.165) is 11.0 Å². The maximum absolute atomic E-state index is 3.66. The molecule has 1 unspecified atom stereocenters. The Morgan fingerprint density at radius 1 is 1.29 bits per heavy atom. The minimum atomic E-state index is 0.369. The van der Waals surface area contributed by atoms with Crippen molar-refractivity contribution in [3.05, 3.63) is 22.7 Å². The van der Waals surface area contributed by atoms with Crippen molar-refractivity contribution < 1.29 is 0 Å². The Hall–Kier alpha value is -0.700. The second kappa shape index (κ2) is 4.89. The van der Waals surface area contributed by atoms with Crippen LogP contribution in [0.1, 0.15) is 33.6 Å². The van der Waals surface area contributed by atoms with E-state index in [2.05, 4.69) is 65.5 Å². The Labute approximate surface area is 112 Å². The topological polar surface area (TPSA) is 24.1 Å². The summed E-state index contributed by atoms with van der Waals surface area (Å²) < 4.78 is 1.13. The molecule has 0 radical (unpaired) electrons. The van der Waals surface area contributed by atoms with Crippen molar-refractivity contribution in [1.29, 1.82) is 0 Å². The molecule has 0 saturated carbocycles. The number of hydrogen-bond donors (Lipinski definition) is 2. The number of anilines is 2. The summed E-state index contributed by atoms with van der Waals surface area (Å²) in [5.41, 5.74) is 2.80. The second-order valence-corrected chi connectivity index (χ2v) is 6.93. The van der Waals surface area contributed by atoms with E-state index in [9.17, 15) is 0 Å². The van der Waals surface area contributed by atoms with Gasteiger partial charge in [-0.1, -0.05) is 36.7 Å². The van der Waals surface area contributed by atoms with Crippen LogP contribution in [0.5, 0.6) is 0 Å². The number of rotatable bonds is 1. The smallest absolute Gasteiger partial charge is 0.0589 e. The van der Waals surface area contributed by atoms with Crippen molar-refractivity contribution in [2.45, 2.75) is 39.7 Å². The Morgan fingerprint density at radius 3 is 2.76 bits per heavy atom. The summed E-state index contributed by atoms with van der Waals surface area (Å²) in [5, 5.41) is 7.15. The molecule has 1 aliphatic heterocycles. The van der Waals surface area contributed by atoms with Gasteiger partial charge in [-0.25, -0.2) is 0 Å². The third-order valence-electron chi connectivity index (χ3n) is 3.01. The fourth-order valence-corrected chi connectivity index (χ4v) is 2.72. The Bertz CT molecular complexity index is 396. The van der Waals surface area contributed by atoms with Gasteiger partial charge in [0.1, 0.15) is 0 Å². The van der Waals surface area contributed by atoms with Crippen molar-refractivity contribution in [2.24, 2.45) is 5.41 Å². The first-order valence-corrected chi connectivity index (χ1v) is 7.03. The lowest BCUT2D eigenvalue weighted by atomic mass is 9.87. The number of hydrogen-bond acceptors (Lipinski definition) is 2. The molecule has 17 heavy (non-hydrogen) atoms. The van der Waals surface area contributed by atoms with Crippen molar-refractivity contribution in [1.82, 2.24) is 0 Å². The molecule has 0 bridgehead atoms. The normalized spacial score (nSPS) is 19.9. The lowest BCUT2D eigenvalue weighted by Crippen LogP contribution is -2.25. The van der Waals surface area contributed by atoms with Crippen molar-refractivity contribution in [3.8, 4) is 0 Å². The van der Waals surface area contributed by atoms with Gasteiger partial charge in [0, 0.05) is 17.1 Å². The van der Waals surface area contributed by atoms with E-state index in [-0.39, 0.29) is 0 Å². The zero-order valence-corrected chi connectivity index (χ0v) is 12.4. The van der Waals surface area contributed by atoms with Gasteiger partial charge in [0.05, 0.1) is 11.4 Å². The first kappa shape index (κ1) is 12.7. The molecule has 1 aromatic rings. The quantitative estimate of drug-likeness (QED) is 0.798. The van der Waals surface area contributed by atoms with Gasteiger partial charge < -0.3 is 10.6 Å². The molecule has 2 N–H and O–H groups in total. The predicted octanol–water partition coefficient (Wildman–Crippen LogP) is 4.48. The maximum atomic E-state index is 3.66. The minimum absolute atomic E-state index is 0.369. The van der Waals surface area contributed by atoms with Crippen LogP contribution in [0.4, 0.5) is 11.4 Å². The molecule has 0 amide bonds. The molecule has 1 aliphatic rings. The van der Waals surface area contributed by atoms with Gasteiger partial charge in [-0.05, 0) is 36.5 Å². The summed E-state index contributed by atoms with van der Waals surface area (Å²) in [4.78, 5) is 0. The Morgan fingerprint density at radius 2 is 2.06 bits per heavy atom. The lowest BCUT2D eigenvalue weighted by Gasteiger charge is -2.26. The molecule has 0 fully saturated rings. The number of fused-ring (bicyclic) bond motifs is 1. The summed E-state index contributed by atoms with van der Waals surface area (Å²) in [6.45, 7) is 7.95. The van der Waals surface area contributed by atoms with Crippen LogP contribution in [0.2, 0.25) is 0 Å². The van der Waals surface area contributed by atoms with E-state index in [1.165, 1.54) is 24.2 Å². The van der Waals surface area contributed by atoms with Crippen molar-refractivity contribution >= 4 is 27.3 Å². The SMILES string of the molecule is CC(C)(C)CC1CCNc2ccc(Br)cc2N1. The lowest BCUT2D eigenvalue weighted by molar-refractivity contribution is 0.345. The molecule has 1 atom stereocenters. The third kappa shape index (κ3) is 3.63. The van der Waals surface area contributed by atoms with Gasteiger partial charge in [0.15, 0.2) is 0 Å². The number of nitrogens with one attached hydrogen (secondary N) is 2. The van der Waals surface area contributed by atoms with Crippen LogP contribution in [0.3, 0.4) is 0 Å². The zero-order valence-electron chi connectivity index (χ0n) is 10.8. The van der Waals surface area contributed by atoms with Gasteiger partial charge in [0.2, 0.25) is 0 Å². The highest BCUT2D eigenvalue weighted by molar-refractivity contribution is 9.10. The fraction of sp³-hybridized carbons (Fsp3) is 0.571. The molecule has 0 aromatic heterocycles. The van der Waals surface area contributed by atoms with Crippen LogP contribution in [0.25, 0.3) is 0 Å². The van der Waals surface area contributed by atoms with E-state index >= 15 is 0 Å². The summed E-state index contributed by atoms with van der Waals surface area (Å²) >= 11 is 3.53. The average Bonchev–Trinajstić information content (AvgIpc) is 2.36. The zero-order chi connectivity index (χ0) is 12.5. The molecule has 0 aliphatic carbocycles. The van der Waals surface area contributed by atoms with Crippen LogP contribution in [0.15, 0.2) is 22.7 Å². The highest BCUT2D eigenvalue weighted by atomic mass is 79.9. The van der Waals surface area contributed by atoms with Crippen molar-refractivity contribution in [2.75, 3.05) is 17.2 Å². The highest BCUT2D eigenvalue weighted by Gasteiger charge is 2.21. The second-order valence-electron chi connectivity index (χ2n) is 6.01. The largest absolute Gasteiger partial charge is 0.383 e. The molecular formula is C14H21BrN2. The summed E-state index contributed by atoms with van der Waals surface area (Å²) in [6, 6.07) is 6.92. The maximum Gasteiger partial charge on any atom is 0.0589 e. The van der Waals surface area contributed by atoms with Gasteiger partial charge in [0.25, 0.3) is 0 Å². The summed E-state index contributed by atoms with van der Waals surface area (Å²) in [5.74, 6) is 0. The fourth-order valence-electron chi connectivity index (χ4n) is 2.36. The number of benzene rings is 1. The molecule has 0 spiro atoms. The average molecular weight is 297 g/mol. The summed E-state index contributed by atoms with van der Waals surface area (Å²) in [6.07, 6.45) is 2.37. The molecule has 3 heteroatoms. The van der Waals surface area contributed by atoms with E-state index in [4.69, 9.17) is 0 Å². The van der Waals surface area contributed by atoms with Gasteiger partial charge in [-0.3, -0.25) is 0 Å². The van der Waals surface area contributed by atoms with E-state index in [1.807, 2.05) is 0 Å². The predicted molar refractivity (Wildman–Crippen MR) is 78.7 cm³/mol. The first-order chi connectivity index (χ1) is 7.94. The van der Waals surface area contributed by atoms with Gasteiger partial charge in [-0.2, -0.15) is 0 Å². The van der Waals surface area contributed by atoms with Crippen LogP contribution in [-0.2, 0) is 0 Å². The van der Waals surface area contributed by atoms with Gasteiger partial charge in [-0.15, -0.1) is 0 Å².